The largest absolute Gasteiger partial charge is 0.481 e. The lowest BCUT2D eigenvalue weighted by molar-refractivity contribution is -0.144. The summed E-state index contributed by atoms with van der Waals surface area (Å²) in [5, 5.41) is 8.72. The minimum atomic E-state index is -0.862. The summed E-state index contributed by atoms with van der Waals surface area (Å²) in [6.45, 7) is 0. The van der Waals surface area contributed by atoms with Gasteiger partial charge in [-0.15, -0.1) is 11.6 Å². The first kappa shape index (κ1) is 8.05. The van der Waals surface area contributed by atoms with E-state index in [0.29, 0.717) is 12.8 Å². The van der Waals surface area contributed by atoms with Crippen LogP contribution in [-0.2, 0) is 9.59 Å². The minimum absolute atomic E-state index is 0.0873. The summed E-state index contributed by atoms with van der Waals surface area (Å²) in [7, 11) is 0. The average Bonchev–Trinajstić information content (AvgIpc) is 2.41. The monoisotopic (exact) mass is 188 g/mol. The number of alkyl halides is 1. The van der Waals surface area contributed by atoms with Crippen molar-refractivity contribution in [1.29, 1.82) is 0 Å². The number of aliphatic carboxylic acids is 1. The van der Waals surface area contributed by atoms with Crippen LogP contribution in [0.1, 0.15) is 12.8 Å². The summed E-state index contributed by atoms with van der Waals surface area (Å²) in [6, 6.07) is 0. The maximum Gasteiger partial charge on any atom is 0.307 e. The molecule has 4 heteroatoms. The second-order valence-electron chi connectivity index (χ2n) is 3.56. The Morgan fingerprint density at radius 3 is 2.58 bits per heavy atom. The third-order valence-corrected chi connectivity index (χ3v) is 3.48. The highest BCUT2D eigenvalue weighted by atomic mass is 35.5. The Morgan fingerprint density at radius 1 is 1.58 bits per heavy atom. The van der Waals surface area contributed by atoms with Crippen molar-refractivity contribution in [3.05, 3.63) is 0 Å². The van der Waals surface area contributed by atoms with Crippen LogP contribution in [0.15, 0.2) is 0 Å². The van der Waals surface area contributed by atoms with Crippen molar-refractivity contribution in [3.63, 3.8) is 0 Å². The molecule has 1 N–H and O–H groups in total. The highest BCUT2D eigenvalue weighted by Crippen LogP contribution is 2.49. The smallest absolute Gasteiger partial charge is 0.307 e. The van der Waals surface area contributed by atoms with Gasteiger partial charge in [-0.1, -0.05) is 0 Å². The highest BCUT2D eigenvalue weighted by molar-refractivity contribution is 6.22. The van der Waals surface area contributed by atoms with Crippen LogP contribution in [0.4, 0.5) is 0 Å². The molecule has 2 rings (SSSR count). The fraction of sp³-hybridized carbons (Fsp3) is 0.750. The first-order chi connectivity index (χ1) is 5.61. The molecule has 0 aromatic rings. The lowest BCUT2D eigenvalue weighted by atomic mass is 9.98. The lowest BCUT2D eigenvalue weighted by Gasteiger charge is -2.12. The number of ketones is 1. The van der Waals surface area contributed by atoms with Gasteiger partial charge in [0.2, 0.25) is 0 Å². The number of rotatable bonds is 1. The molecule has 0 aromatic carbocycles. The van der Waals surface area contributed by atoms with Crippen molar-refractivity contribution in [2.24, 2.45) is 17.8 Å². The van der Waals surface area contributed by atoms with Gasteiger partial charge in [0.15, 0.2) is 0 Å². The molecule has 0 aliphatic heterocycles. The number of halogens is 1. The van der Waals surface area contributed by atoms with Gasteiger partial charge in [-0.05, 0) is 12.3 Å². The van der Waals surface area contributed by atoms with E-state index in [2.05, 4.69) is 0 Å². The van der Waals surface area contributed by atoms with Crippen LogP contribution in [0.25, 0.3) is 0 Å². The summed E-state index contributed by atoms with van der Waals surface area (Å²) in [4.78, 5) is 21.9. The average molecular weight is 189 g/mol. The molecule has 0 spiro atoms. The quantitative estimate of drug-likeness (QED) is 0.623. The van der Waals surface area contributed by atoms with Crippen LogP contribution in [0.5, 0.6) is 0 Å². The maximum atomic E-state index is 11.2. The summed E-state index contributed by atoms with van der Waals surface area (Å²) < 4.78 is 0. The van der Waals surface area contributed by atoms with Gasteiger partial charge in [-0.25, -0.2) is 0 Å². The van der Waals surface area contributed by atoms with E-state index in [-0.39, 0.29) is 23.0 Å². The van der Waals surface area contributed by atoms with E-state index in [4.69, 9.17) is 16.7 Å². The standard InChI is InChI=1S/C8H9ClO3/c9-5-1-4-6(10)2-3(5)7(4)8(11)12/h3-5,7H,1-2H2,(H,11,12)/t3-,4-,5+,7-/m0/s1. The van der Waals surface area contributed by atoms with Gasteiger partial charge in [0.25, 0.3) is 0 Å². The van der Waals surface area contributed by atoms with E-state index in [1.165, 1.54) is 0 Å². The Hall–Kier alpha value is -0.570. The fourth-order valence-electron chi connectivity index (χ4n) is 2.41. The van der Waals surface area contributed by atoms with Crippen molar-refractivity contribution in [2.75, 3.05) is 0 Å². The summed E-state index contributed by atoms with van der Waals surface area (Å²) in [5.74, 6) is -1.68. The highest BCUT2D eigenvalue weighted by Gasteiger charge is 2.55. The van der Waals surface area contributed by atoms with Crippen LogP contribution in [0.3, 0.4) is 0 Å². The molecule has 0 radical (unpaired) electrons. The van der Waals surface area contributed by atoms with Crippen LogP contribution < -0.4 is 0 Å². The number of carbonyl (C=O) groups excluding carboxylic acids is 1. The third-order valence-electron chi connectivity index (χ3n) is 2.97. The van der Waals surface area contributed by atoms with Crippen molar-refractivity contribution < 1.29 is 14.7 Å². The zero-order valence-corrected chi connectivity index (χ0v) is 7.12. The molecule has 0 amide bonds. The summed E-state index contributed by atoms with van der Waals surface area (Å²) >= 11 is 5.90. The molecule has 66 valence electrons. The fourth-order valence-corrected chi connectivity index (χ4v) is 2.85. The van der Waals surface area contributed by atoms with Crippen molar-refractivity contribution in [1.82, 2.24) is 0 Å². The van der Waals surface area contributed by atoms with Gasteiger partial charge in [-0.3, -0.25) is 9.59 Å². The van der Waals surface area contributed by atoms with Crippen molar-refractivity contribution in [3.8, 4) is 0 Å². The molecule has 0 heterocycles. The summed E-state index contributed by atoms with van der Waals surface area (Å²) in [6.07, 6.45) is 0.928. The molecule has 3 nitrogen and oxygen atoms in total. The second-order valence-corrected chi connectivity index (χ2v) is 4.12. The first-order valence-electron chi connectivity index (χ1n) is 4.01. The zero-order chi connectivity index (χ0) is 8.88. The molecule has 0 saturated heterocycles. The number of fused-ring (bicyclic) bond motifs is 2. The Balaban J connectivity index is 2.28. The molecule has 2 aliphatic rings. The second kappa shape index (κ2) is 2.46. The normalized spacial score (nSPS) is 45.2. The van der Waals surface area contributed by atoms with Gasteiger partial charge < -0.3 is 5.11 Å². The van der Waals surface area contributed by atoms with Gasteiger partial charge in [0.05, 0.1) is 5.92 Å². The molecule has 2 bridgehead atoms. The molecule has 0 aromatic heterocycles. The molecule has 12 heavy (non-hydrogen) atoms. The van der Waals surface area contributed by atoms with Crippen molar-refractivity contribution in [2.45, 2.75) is 18.2 Å². The number of carboxylic acids is 1. The van der Waals surface area contributed by atoms with Gasteiger partial charge in [-0.2, -0.15) is 0 Å². The van der Waals surface area contributed by atoms with E-state index in [1.807, 2.05) is 0 Å². The molecule has 4 atom stereocenters. The van der Waals surface area contributed by atoms with E-state index < -0.39 is 11.9 Å². The number of Topliss-reactive ketones (excluding diaryl/α,β-unsaturated/α-hetero) is 1. The van der Waals surface area contributed by atoms with E-state index >= 15 is 0 Å². The van der Waals surface area contributed by atoms with Crippen LogP contribution in [-0.4, -0.2) is 22.2 Å². The van der Waals surface area contributed by atoms with Crippen LogP contribution >= 0.6 is 11.6 Å². The number of hydrogen-bond acceptors (Lipinski definition) is 2. The Morgan fingerprint density at radius 2 is 2.25 bits per heavy atom. The molecule has 2 aliphatic carbocycles. The van der Waals surface area contributed by atoms with Gasteiger partial charge >= 0.3 is 5.97 Å². The van der Waals surface area contributed by atoms with E-state index in [9.17, 15) is 9.59 Å². The van der Waals surface area contributed by atoms with E-state index in [1.54, 1.807) is 0 Å². The van der Waals surface area contributed by atoms with Crippen LogP contribution in [0.2, 0.25) is 0 Å². The predicted molar refractivity (Wildman–Crippen MR) is 42.0 cm³/mol. The zero-order valence-electron chi connectivity index (χ0n) is 6.37. The number of hydrogen-bond donors (Lipinski definition) is 1. The topological polar surface area (TPSA) is 54.4 Å². The van der Waals surface area contributed by atoms with E-state index in [0.717, 1.165) is 0 Å². The Kier molecular flexibility index (Phi) is 1.65. The molecular formula is C8H9ClO3. The van der Waals surface area contributed by atoms with Gasteiger partial charge in [0, 0.05) is 17.7 Å². The minimum Gasteiger partial charge on any atom is -0.481 e. The Labute approximate surface area is 74.7 Å². The van der Waals surface area contributed by atoms with Crippen molar-refractivity contribution >= 4 is 23.4 Å². The van der Waals surface area contributed by atoms with Crippen LogP contribution in [0, 0.1) is 17.8 Å². The maximum absolute atomic E-state index is 11.2. The number of carboxylic acid groups (broad SMARTS) is 1. The SMILES string of the molecule is O=C(O)[C@H]1[C@H]2CC(=O)[C@@H]1C[C@H]2Cl. The molecule has 0 unspecified atom stereocenters. The predicted octanol–water partition coefficient (Wildman–Crippen LogP) is 0.904. The van der Waals surface area contributed by atoms with Gasteiger partial charge in [0.1, 0.15) is 5.78 Å². The summed E-state index contributed by atoms with van der Waals surface area (Å²) in [5.41, 5.74) is 0. The lowest BCUT2D eigenvalue weighted by Crippen LogP contribution is -2.20. The number of carbonyl (C=O) groups is 2. The molecule has 2 saturated carbocycles. The molecular weight excluding hydrogens is 180 g/mol. The first-order valence-corrected chi connectivity index (χ1v) is 4.44. The molecule has 2 fully saturated rings. The third kappa shape index (κ3) is 0.891. The Bertz CT molecular complexity index is 251.